The third-order valence-electron chi connectivity index (χ3n) is 11.7. The molecule has 0 aromatic carbocycles. The summed E-state index contributed by atoms with van der Waals surface area (Å²) in [5.41, 5.74) is 6.18. The molecule has 0 spiro atoms. The van der Waals surface area contributed by atoms with Gasteiger partial charge >= 0.3 is 0 Å². The Bertz CT molecular complexity index is 1100. The smallest absolute Gasteiger partial charge is 0.0965 e. The Kier molecular flexibility index (Phi) is 8.60. The van der Waals surface area contributed by atoms with Crippen LogP contribution in [0.2, 0.25) is 0 Å². The Morgan fingerprint density at radius 1 is 1.13 bits per heavy atom. The second-order valence-electron chi connectivity index (χ2n) is 14.4. The zero-order valence-electron chi connectivity index (χ0n) is 25.5. The minimum atomic E-state index is -0.114. The fourth-order valence-electron chi connectivity index (χ4n) is 9.36. The summed E-state index contributed by atoms with van der Waals surface area (Å²) in [5, 5.41) is 23.0. The van der Waals surface area contributed by atoms with Crippen LogP contribution in [0.25, 0.3) is 0 Å². The van der Waals surface area contributed by atoms with Gasteiger partial charge in [0.25, 0.3) is 0 Å². The number of nitrogens with one attached hydrogen (secondary N) is 1. The normalized spacial score (nSPS) is 36.9. The molecule has 5 heteroatoms. The standard InChI is InChI=1S/C34H54N4O/c1-23(2)8-7-9-24(3)16-19-38-22-27(36-37-38)21-35-25(4)30-12-13-31-29-11-10-26-20-28(39)14-17-33(26,5)32(29)15-18-34(30,31)6/h8,10,16,22,25,28-32,35,39H,7,9,11-15,17-21H2,1-6H3/b24-16+/t25-,28+,29+,30-,31+,32+,33+,34-/m1/s1. The largest absolute Gasteiger partial charge is 0.393 e. The van der Waals surface area contributed by atoms with Crippen LogP contribution >= 0.6 is 0 Å². The first-order valence-corrected chi connectivity index (χ1v) is 15.9. The number of hydrogen-bond donors (Lipinski definition) is 2. The molecule has 4 aliphatic rings. The molecule has 3 saturated carbocycles. The Balaban J connectivity index is 1.16. The van der Waals surface area contributed by atoms with Crippen LogP contribution in [0.1, 0.15) is 111 Å². The lowest BCUT2D eigenvalue weighted by atomic mass is 9.47. The second-order valence-corrected chi connectivity index (χ2v) is 14.4. The number of aromatic nitrogens is 3. The second kappa shape index (κ2) is 11.6. The average molecular weight is 535 g/mol. The van der Waals surface area contributed by atoms with Crippen LogP contribution in [0.15, 0.2) is 41.1 Å². The molecule has 5 nitrogen and oxygen atoms in total. The fourth-order valence-corrected chi connectivity index (χ4v) is 9.36. The molecule has 1 aromatic heterocycles. The van der Waals surface area contributed by atoms with Crippen molar-refractivity contribution in [2.45, 2.75) is 131 Å². The van der Waals surface area contributed by atoms with E-state index >= 15 is 0 Å². The molecule has 8 atom stereocenters. The van der Waals surface area contributed by atoms with Crippen molar-refractivity contribution in [3.05, 3.63) is 46.8 Å². The van der Waals surface area contributed by atoms with Gasteiger partial charge in [-0.25, -0.2) is 4.68 Å². The molecular weight excluding hydrogens is 480 g/mol. The first-order chi connectivity index (χ1) is 18.6. The van der Waals surface area contributed by atoms with Crippen LogP contribution in [-0.4, -0.2) is 32.2 Å². The predicted molar refractivity (Wildman–Crippen MR) is 160 cm³/mol. The van der Waals surface area contributed by atoms with Crippen LogP contribution < -0.4 is 5.32 Å². The maximum atomic E-state index is 10.3. The van der Waals surface area contributed by atoms with Gasteiger partial charge in [0.15, 0.2) is 0 Å². The van der Waals surface area contributed by atoms with Crippen LogP contribution in [0, 0.1) is 34.5 Å². The van der Waals surface area contributed by atoms with Crippen molar-refractivity contribution in [1.29, 1.82) is 0 Å². The van der Waals surface area contributed by atoms with Gasteiger partial charge in [-0.05, 0) is 126 Å². The van der Waals surface area contributed by atoms with Crippen molar-refractivity contribution in [3.8, 4) is 0 Å². The summed E-state index contributed by atoms with van der Waals surface area (Å²) in [5.74, 6) is 3.18. The molecule has 0 amide bonds. The van der Waals surface area contributed by atoms with Crippen molar-refractivity contribution in [2.24, 2.45) is 34.5 Å². The first-order valence-electron chi connectivity index (χ1n) is 15.9. The van der Waals surface area contributed by atoms with Gasteiger partial charge in [0, 0.05) is 12.6 Å². The van der Waals surface area contributed by atoms with Gasteiger partial charge < -0.3 is 10.4 Å². The topological polar surface area (TPSA) is 63.0 Å². The molecule has 0 radical (unpaired) electrons. The van der Waals surface area contributed by atoms with Crippen LogP contribution in [0.3, 0.4) is 0 Å². The highest BCUT2D eigenvalue weighted by atomic mass is 16.3. The lowest BCUT2D eigenvalue weighted by Gasteiger charge is -2.58. The summed E-state index contributed by atoms with van der Waals surface area (Å²) in [6, 6.07) is 0.481. The van der Waals surface area contributed by atoms with E-state index in [-0.39, 0.29) is 6.10 Å². The van der Waals surface area contributed by atoms with Crippen molar-refractivity contribution in [3.63, 3.8) is 0 Å². The number of nitrogens with zero attached hydrogens (tertiary/aromatic N) is 3. The molecule has 0 saturated heterocycles. The van der Waals surface area contributed by atoms with Crippen LogP contribution in [0.5, 0.6) is 0 Å². The molecule has 4 aliphatic carbocycles. The average Bonchev–Trinajstić information content (AvgIpc) is 3.50. The number of aliphatic hydroxyl groups excluding tert-OH is 1. The summed E-state index contributed by atoms with van der Waals surface area (Å²) >= 11 is 0. The number of rotatable bonds is 9. The maximum Gasteiger partial charge on any atom is 0.0965 e. The van der Waals surface area contributed by atoms with Crippen molar-refractivity contribution in [1.82, 2.24) is 20.3 Å². The zero-order chi connectivity index (χ0) is 27.8. The Labute approximate surface area is 237 Å². The van der Waals surface area contributed by atoms with E-state index in [1.807, 2.05) is 4.68 Å². The molecule has 39 heavy (non-hydrogen) atoms. The molecule has 1 aromatic rings. The Morgan fingerprint density at radius 2 is 1.95 bits per heavy atom. The highest BCUT2D eigenvalue weighted by molar-refractivity contribution is 5.25. The third kappa shape index (κ3) is 5.86. The van der Waals surface area contributed by atoms with Gasteiger partial charge in [0.05, 0.1) is 24.5 Å². The van der Waals surface area contributed by atoms with E-state index in [1.165, 1.54) is 49.7 Å². The lowest BCUT2D eigenvalue weighted by Crippen LogP contribution is -2.52. The monoisotopic (exact) mass is 534 g/mol. The molecule has 3 fully saturated rings. The zero-order valence-corrected chi connectivity index (χ0v) is 25.5. The maximum absolute atomic E-state index is 10.3. The highest BCUT2D eigenvalue weighted by Crippen LogP contribution is 2.66. The number of aliphatic hydroxyl groups is 1. The number of hydrogen-bond acceptors (Lipinski definition) is 4. The van der Waals surface area contributed by atoms with Gasteiger partial charge in [0.2, 0.25) is 0 Å². The molecule has 0 unspecified atom stereocenters. The van der Waals surface area contributed by atoms with Crippen molar-refractivity contribution in [2.75, 3.05) is 0 Å². The van der Waals surface area contributed by atoms with Gasteiger partial charge in [-0.15, -0.1) is 5.10 Å². The van der Waals surface area contributed by atoms with Gasteiger partial charge in [-0.2, -0.15) is 0 Å². The van der Waals surface area contributed by atoms with Crippen molar-refractivity contribution >= 4 is 0 Å². The van der Waals surface area contributed by atoms with Crippen LogP contribution in [0.4, 0.5) is 0 Å². The summed E-state index contributed by atoms with van der Waals surface area (Å²) in [6.07, 6.45) is 21.1. The molecule has 216 valence electrons. The molecule has 1 heterocycles. The molecule has 2 N–H and O–H groups in total. The van der Waals surface area contributed by atoms with Gasteiger partial charge in [-0.1, -0.05) is 54.0 Å². The summed E-state index contributed by atoms with van der Waals surface area (Å²) in [4.78, 5) is 0. The summed E-state index contributed by atoms with van der Waals surface area (Å²) < 4.78 is 1.97. The number of allylic oxidation sites excluding steroid dienone is 5. The van der Waals surface area contributed by atoms with E-state index < -0.39 is 0 Å². The molecular formula is C34H54N4O. The lowest BCUT2D eigenvalue weighted by molar-refractivity contribution is -0.0536. The quantitative estimate of drug-likeness (QED) is 0.324. The number of fused-ring (bicyclic) bond motifs is 5. The van der Waals surface area contributed by atoms with Gasteiger partial charge in [-0.3, -0.25) is 0 Å². The predicted octanol–water partition coefficient (Wildman–Crippen LogP) is 7.39. The van der Waals surface area contributed by atoms with E-state index in [2.05, 4.69) is 81.6 Å². The Hall–Kier alpha value is -1.72. The molecule has 0 bridgehead atoms. The van der Waals surface area contributed by atoms with E-state index in [9.17, 15) is 5.11 Å². The molecule has 0 aliphatic heterocycles. The minimum Gasteiger partial charge on any atom is -0.393 e. The van der Waals surface area contributed by atoms with E-state index in [4.69, 9.17) is 0 Å². The van der Waals surface area contributed by atoms with E-state index in [1.54, 1.807) is 5.57 Å². The highest BCUT2D eigenvalue weighted by Gasteiger charge is 2.59. The summed E-state index contributed by atoms with van der Waals surface area (Å²) in [6.45, 7) is 15.7. The first kappa shape index (κ1) is 28.8. The van der Waals surface area contributed by atoms with E-state index in [0.29, 0.717) is 16.9 Å². The molecule has 5 rings (SSSR count). The van der Waals surface area contributed by atoms with E-state index in [0.717, 1.165) is 68.1 Å². The summed E-state index contributed by atoms with van der Waals surface area (Å²) in [7, 11) is 0. The SMILES string of the molecule is CC(C)=CCC/C(C)=C/Cn1cc(CN[C@H](C)[C@H]2CC[C@H]3[C@@H]4CC=C5C[C@@H](O)CC[C@]5(C)[C@H]4CC[C@]23C)nn1. The fraction of sp³-hybridized carbons (Fsp3) is 0.765. The minimum absolute atomic E-state index is 0.114. The Morgan fingerprint density at radius 3 is 2.74 bits per heavy atom. The third-order valence-corrected chi connectivity index (χ3v) is 11.7. The van der Waals surface area contributed by atoms with Crippen molar-refractivity contribution < 1.29 is 5.11 Å². The van der Waals surface area contributed by atoms with Gasteiger partial charge in [0.1, 0.15) is 0 Å². The van der Waals surface area contributed by atoms with Crippen LogP contribution in [-0.2, 0) is 13.1 Å².